The number of aliphatic carboxylic acids is 1. The standard InChI is InChI=1S/C23H39N7O6/c1-12(2)7-17(29-20(32)15(24)9-14-10-26-11-27-14)22(34)28-16(5-6-19(25)31)21(33)30-18(23(35)36)8-13(3)4/h10-13,15-18H,5-9,24H2,1-4H3,(H2,25,31)(H,26,27)(H,28,34)(H,29,32)(H,30,33)(H,35,36). The van der Waals surface area contributed by atoms with E-state index in [9.17, 15) is 29.1 Å². The molecule has 0 aliphatic heterocycles. The smallest absolute Gasteiger partial charge is 0.326 e. The predicted octanol–water partition coefficient (Wildman–Crippen LogP) is -0.824. The van der Waals surface area contributed by atoms with E-state index in [0.29, 0.717) is 5.69 Å². The van der Waals surface area contributed by atoms with Crippen LogP contribution in [0.4, 0.5) is 0 Å². The predicted molar refractivity (Wildman–Crippen MR) is 131 cm³/mol. The number of hydrogen-bond acceptors (Lipinski definition) is 7. The van der Waals surface area contributed by atoms with E-state index in [1.807, 2.05) is 27.7 Å². The van der Waals surface area contributed by atoms with Gasteiger partial charge in [0.25, 0.3) is 0 Å². The Labute approximate surface area is 210 Å². The molecule has 0 saturated heterocycles. The monoisotopic (exact) mass is 509 g/mol. The Kier molecular flexibility index (Phi) is 12.6. The topological polar surface area (TPSA) is 222 Å². The van der Waals surface area contributed by atoms with Crippen LogP contribution in [0.3, 0.4) is 0 Å². The second-order valence-corrected chi connectivity index (χ2v) is 9.67. The van der Waals surface area contributed by atoms with E-state index in [4.69, 9.17) is 11.5 Å². The minimum Gasteiger partial charge on any atom is -0.480 e. The number of amides is 4. The van der Waals surface area contributed by atoms with E-state index in [1.54, 1.807) is 0 Å². The summed E-state index contributed by atoms with van der Waals surface area (Å²) in [6, 6.07) is -4.37. The Morgan fingerprint density at radius 3 is 1.94 bits per heavy atom. The largest absolute Gasteiger partial charge is 0.480 e. The van der Waals surface area contributed by atoms with Crippen molar-refractivity contribution in [2.75, 3.05) is 0 Å². The van der Waals surface area contributed by atoms with Crippen LogP contribution in [0.1, 0.15) is 59.1 Å². The lowest BCUT2D eigenvalue weighted by Gasteiger charge is -2.26. The lowest BCUT2D eigenvalue weighted by atomic mass is 10.0. The van der Waals surface area contributed by atoms with Crippen LogP contribution < -0.4 is 27.4 Å². The first-order chi connectivity index (χ1) is 16.8. The number of rotatable bonds is 16. The molecule has 0 radical (unpaired) electrons. The van der Waals surface area contributed by atoms with Crippen molar-refractivity contribution >= 4 is 29.6 Å². The fourth-order valence-electron chi connectivity index (χ4n) is 3.50. The third-order valence-corrected chi connectivity index (χ3v) is 5.31. The minimum absolute atomic E-state index is 0.00482. The van der Waals surface area contributed by atoms with Crippen LogP contribution in [0, 0.1) is 11.8 Å². The van der Waals surface area contributed by atoms with E-state index in [-0.39, 0.29) is 43.9 Å². The van der Waals surface area contributed by atoms with Gasteiger partial charge in [-0.1, -0.05) is 27.7 Å². The summed E-state index contributed by atoms with van der Waals surface area (Å²) in [5.41, 5.74) is 11.8. The number of aromatic amines is 1. The molecule has 0 fully saturated rings. The molecular formula is C23H39N7O6. The van der Waals surface area contributed by atoms with Crippen LogP contribution in [0.5, 0.6) is 0 Å². The third kappa shape index (κ3) is 11.3. The summed E-state index contributed by atoms with van der Waals surface area (Å²) < 4.78 is 0. The van der Waals surface area contributed by atoms with Gasteiger partial charge in [0.1, 0.15) is 18.1 Å². The SMILES string of the molecule is CC(C)CC(NC(=O)C(CCC(N)=O)NC(=O)C(CC(C)C)NC(=O)C(N)Cc1cnc[nH]1)C(=O)O. The van der Waals surface area contributed by atoms with Gasteiger partial charge in [-0.15, -0.1) is 0 Å². The van der Waals surface area contributed by atoms with Crippen LogP contribution in [0.15, 0.2) is 12.5 Å². The zero-order valence-corrected chi connectivity index (χ0v) is 21.2. The summed E-state index contributed by atoms with van der Waals surface area (Å²) in [4.78, 5) is 68.3. The van der Waals surface area contributed by atoms with Crippen LogP contribution in [-0.2, 0) is 30.4 Å². The van der Waals surface area contributed by atoms with Crippen molar-refractivity contribution in [2.45, 2.75) is 84.0 Å². The van der Waals surface area contributed by atoms with Crippen molar-refractivity contribution in [1.29, 1.82) is 0 Å². The van der Waals surface area contributed by atoms with Crippen LogP contribution in [0.25, 0.3) is 0 Å². The number of carbonyl (C=O) groups excluding carboxylic acids is 4. The number of carbonyl (C=O) groups is 5. The number of nitrogens with two attached hydrogens (primary N) is 2. The van der Waals surface area contributed by atoms with Gasteiger partial charge in [-0.2, -0.15) is 0 Å². The summed E-state index contributed by atoms with van der Waals surface area (Å²) in [6.07, 6.45) is 3.26. The van der Waals surface area contributed by atoms with E-state index in [0.717, 1.165) is 0 Å². The summed E-state index contributed by atoms with van der Waals surface area (Å²) in [5.74, 6) is -3.89. The molecule has 4 amide bonds. The maximum absolute atomic E-state index is 13.1. The summed E-state index contributed by atoms with van der Waals surface area (Å²) in [6.45, 7) is 7.34. The van der Waals surface area contributed by atoms with Gasteiger partial charge >= 0.3 is 5.97 Å². The fraction of sp³-hybridized carbons (Fsp3) is 0.652. The molecule has 36 heavy (non-hydrogen) atoms. The maximum atomic E-state index is 13.1. The van der Waals surface area contributed by atoms with E-state index < -0.39 is 53.8 Å². The number of nitrogens with zero attached hydrogens (tertiary/aromatic N) is 1. The quantitative estimate of drug-likeness (QED) is 0.149. The van der Waals surface area contributed by atoms with Gasteiger partial charge in [-0.3, -0.25) is 19.2 Å². The van der Waals surface area contributed by atoms with Crippen molar-refractivity contribution in [3.05, 3.63) is 18.2 Å². The molecule has 4 unspecified atom stereocenters. The molecule has 9 N–H and O–H groups in total. The van der Waals surface area contributed by atoms with Crippen LogP contribution >= 0.6 is 0 Å². The first-order valence-corrected chi connectivity index (χ1v) is 11.9. The first kappa shape index (κ1) is 30.6. The molecular weight excluding hydrogens is 470 g/mol. The van der Waals surface area contributed by atoms with Gasteiger partial charge in [0.2, 0.25) is 23.6 Å². The zero-order chi connectivity index (χ0) is 27.4. The highest BCUT2D eigenvalue weighted by atomic mass is 16.4. The Morgan fingerprint density at radius 2 is 1.44 bits per heavy atom. The average Bonchev–Trinajstić information content (AvgIpc) is 3.27. The zero-order valence-electron chi connectivity index (χ0n) is 21.2. The lowest BCUT2D eigenvalue weighted by Crippen LogP contribution is -2.57. The molecule has 0 aromatic carbocycles. The molecule has 0 spiro atoms. The molecule has 0 aliphatic rings. The van der Waals surface area contributed by atoms with E-state index >= 15 is 0 Å². The molecule has 1 aromatic rings. The van der Waals surface area contributed by atoms with Gasteiger partial charge in [0.05, 0.1) is 12.4 Å². The minimum atomic E-state index is -1.23. The van der Waals surface area contributed by atoms with Crippen LogP contribution in [0.2, 0.25) is 0 Å². The number of imidazole rings is 1. The highest BCUT2D eigenvalue weighted by molar-refractivity contribution is 5.94. The number of hydrogen-bond donors (Lipinski definition) is 7. The molecule has 0 saturated carbocycles. The number of nitrogens with one attached hydrogen (secondary N) is 4. The number of H-pyrrole nitrogens is 1. The third-order valence-electron chi connectivity index (χ3n) is 5.31. The van der Waals surface area contributed by atoms with E-state index in [1.165, 1.54) is 12.5 Å². The van der Waals surface area contributed by atoms with Gasteiger partial charge in [-0.25, -0.2) is 9.78 Å². The van der Waals surface area contributed by atoms with Gasteiger partial charge in [0.15, 0.2) is 0 Å². The number of aromatic nitrogens is 2. The molecule has 1 heterocycles. The van der Waals surface area contributed by atoms with Gasteiger partial charge in [-0.05, 0) is 31.1 Å². The molecule has 13 nitrogen and oxygen atoms in total. The molecule has 1 aromatic heterocycles. The molecule has 1 rings (SSSR count). The fourth-order valence-corrected chi connectivity index (χ4v) is 3.50. The summed E-state index contributed by atoms with van der Waals surface area (Å²) in [5, 5.41) is 17.0. The van der Waals surface area contributed by atoms with Crippen molar-refractivity contribution in [2.24, 2.45) is 23.3 Å². The van der Waals surface area contributed by atoms with E-state index in [2.05, 4.69) is 25.9 Å². The second-order valence-electron chi connectivity index (χ2n) is 9.67. The normalized spacial score (nSPS) is 14.5. The number of carboxylic acid groups (broad SMARTS) is 1. The summed E-state index contributed by atoms with van der Waals surface area (Å²) in [7, 11) is 0. The molecule has 202 valence electrons. The Hall–Kier alpha value is -3.48. The second kappa shape index (κ2) is 14.8. The van der Waals surface area contributed by atoms with Crippen molar-refractivity contribution < 1.29 is 29.1 Å². The Bertz CT molecular complexity index is 888. The molecule has 13 heteroatoms. The average molecular weight is 510 g/mol. The van der Waals surface area contributed by atoms with Gasteiger partial charge in [0, 0.05) is 24.7 Å². The Balaban J connectivity index is 2.98. The van der Waals surface area contributed by atoms with Crippen LogP contribution in [-0.4, -0.2) is 68.8 Å². The molecule has 0 aliphatic carbocycles. The molecule has 0 bridgehead atoms. The lowest BCUT2D eigenvalue weighted by molar-refractivity contribution is -0.143. The van der Waals surface area contributed by atoms with Crippen molar-refractivity contribution in [1.82, 2.24) is 25.9 Å². The highest BCUT2D eigenvalue weighted by Gasteiger charge is 2.31. The first-order valence-electron chi connectivity index (χ1n) is 11.9. The number of carboxylic acids is 1. The highest BCUT2D eigenvalue weighted by Crippen LogP contribution is 2.09. The maximum Gasteiger partial charge on any atom is 0.326 e. The Morgan fingerprint density at radius 1 is 0.917 bits per heavy atom. The number of primary amides is 1. The summed E-state index contributed by atoms with van der Waals surface area (Å²) >= 11 is 0. The molecule has 4 atom stereocenters. The van der Waals surface area contributed by atoms with Gasteiger partial charge < -0.3 is 37.5 Å². The van der Waals surface area contributed by atoms with Crippen molar-refractivity contribution in [3.63, 3.8) is 0 Å². The van der Waals surface area contributed by atoms with Crippen molar-refractivity contribution in [3.8, 4) is 0 Å².